The molecule has 1 rings (SSSR count). The van der Waals surface area contributed by atoms with Crippen molar-refractivity contribution in [2.45, 2.75) is 44.4 Å². The fourth-order valence-electron chi connectivity index (χ4n) is 1.42. The average Bonchev–Trinajstić information content (AvgIpc) is 2.29. The van der Waals surface area contributed by atoms with Crippen LogP contribution in [-0.4, -0.2) is 4.21 Å². The van der Waals surface area contributed by atoms with Crippen molar-refractivity contribution in [3.8, 4) is 0 Å². The van der Waals surface area contributed by atoms with Gasteiger partial charge in [-0.2, -0.15) is 0 Å². The second kappa shape index (κ2) is 7.39. The highest BCUT2D eigenvalue weighted by molar-refractivity contribution is 7.88. The van der Waals surface area contributed by atoms with Gasteiger partial charge in [0.05, 0.1) is 10.8 Å². The Kier molecular flexibility index (Phi) is 6.09. The largest absolute Gasteiger partial charge is 0.250 e. The molecule has 0 aromatic heterocycles. The van der Waals surface area contributed by atoms with Crippen LogP contribution in [0.1, 0.15) is 38.2 Å². The fourth-order valence-corrected chi connectivity index (χ4v) is 2.29. The molecule has 1 aromatic rings. The SMILES string of the molecule is CCCCC/C=C/S(=O)c1ccc(C)cc1. The zero-order valence-corrected chi connectivity index (χ0v) is 10.9. The van der Waals surface area contributed by atoms with Gasteiger partial charge in [-0.25, -0.2) is 4.21 Å². The van der Waals surface area contributed by atoms with Crippen LogP contribution in [0.25, 0.3) is 0 Å². The van der Waals surface area contributed by atoms with Gasteiger partial charge >= 0.3 is 0 Å². The van der Waals surface area contributed by atoms with Crippen molar-refractivity contribution in [2.24, 2.45) is 0 Å². The Balaban J connectivity index is 2.43. The lowest BCUT2D eigenvalue weighted by Gasteiger charge is -1.97. The van der Waals surface area contributed by atoms with Crippen LogP contribution >= 0.6 is 0 Å². The van der Waals surface area contributed by atoms with Crippen LogP contribution in [0.2, 0.25) is 0 Å². The number of hydrogen-bond acceptors (Lipinski definition) is 1. The molecule has 0 radical (unpaired) electrons. The van der Waals surface area contributed by atoms with Gasteiger partial charge in [0.25, 0.3) is 0 Å². The van der Waals surface area contributed by atoms with Crippen molar-refractivity contribution in [3.63, 3.8) is 0 Å². The maximum atomic E-state index is 11.8. The second-order valence-corrected chi connectivity index (χ2v) is 5.32. The van der Waals surface area contributed by atoms with E-state index in [1.807, 2.05) is 37.3 Å². The van der Waals surface area contributed by atoms with Gasteiger partial charge in [-0.05, 0) is 31.9 Å². The predicted octanol–water partition coefficient (Wildman–Crippen LogP) is 4.20. The predicted molar refractivity (Wildman–Crippen MR) is 70.9 cm³/mol. The summed E-state index contributed by atoms with van der Waals surface area (Å²) in [5.41, 5.74) is 1.20. The molecular formula is C14H20OS. The van der Waals surface area contributed by atoms with Gasteiger partial charge in [-0.1, -0.05) is 43.5 Å². The van der Waals surface area contributed by atoms with Gasteiger partial charge in [0.1, 0.15) is 0 Å². The van der Waals surface area contributed by atoms with Crippen LogP contribution in [0.3, 0.4) is 0 Å². The van der Waals surface area contributed by atoms with Crippen LogP contribution in [0.15, 0.2) is 40.6 Å². The Morgan fingerprint density at radius 3 is 2.50 bits per heavy atom. The van der Waals surface area contributed by atoms with E-state index in [9.17, 15) is 4.21 Å². The molecule has 0 fully saturated rings. The molecule has 2 heteroatoms. The highest BCUT2D eigenvalue weighted by atomic mass is 32.2. The molecule has 1 unspecified atom stereocenters. The summed E-state index contributed by atoms with van der Waals surface area (Å²) >= 11 is 0. The molecule has 0 bridgehead atoms. The number of rotatable bonds is 6. The van der Waals surface area contributed by atoms with Gasteiger partial charge in [0.15, 0.2) is 0 Å². The molecule has 0 saturated heterocycles. The Labute approximate surface area is 101 Å². The minimum atomic E-state index is -0.978. The van der Waals surface area contributed by atoms with Crippen LogP contribution in [0, 0.1) is 6.92 Å². The van der Waals surface area contributed by atoms with E-state index in [4.69, 9.17) is 0 Å². The van der Waals surface area contributed by atoms with Crippen molar-refractivity contribution in [2.75, 3.05) is 0 Å². The van der Waals surface area contributed by atoms with Crippen molar-refractivity contribution >= 4 is 10.8 Å². The molecule has 16 heavy (non-hydrogen) atoms. The summed E-state index contributed by atoms with van der Waals surface area (Å²) in [6, 6.07) is 7.86. The molecule has 0 aliphatic rings. The van der Waals surface area contributed by atoms with Crippen molar-refractivity contribution in [3.05, 3.63) is 41.3 Å². The first kappa shape index (κ1) is 13.2. The fraction of sp³-hybridized carbons (Fsp3) is 0.429. The maximum Gasteiger partial charge on any atom is 0.0772 e. The van der Waals surface area contributed by atoms with Gasteiger partial charge < -0.3 is 0 Å². The molecule has 1 nitrogen and oxygen atoms in total. The second-order valence-electron chi connectivity index (χ2n) is 3.98. The normalized spacial score (nSPS) is 13.1. The van der Waals surface area contributed by atoms with Gasteiger partial charge in [0.2, 0.25) is 0 Å². The third-order valence-corrected chi connectivity index (χ3v) is 3.62. The van der Waals surface area contributed by atoms with Gasteiger partial charge in [-0.3, -0.25) is 0 Å². The first-order valence-corrected chi connectivity index (χ1v) is 7.09. The zero-order valence-electron chi connectivity index (χ0n) is 10.1. The lowest BCUT2D eigenvalue weighted by Crippen LogP contribution is -1.86. The molecule has 0 amide bonds. The molecule has 88 valence electrons. The van der Waals surface area contributed by atoms with E-state index in [-0.39, 0.29) is 0 Å². The average molecular weight is 236 g/mol. The molecule has 0 aliphatic heterocycles. The number of allylic oxidation sites excluding steroid dienone is 1. The summed E-state index contributed by atoms with van der Waals surface area (Å²) < 4.78 is 11.8. The van der Waals surface area contributed by atoms with Crippen LogP contribution in [-0.2, 0) is 10.8 Å². The molecule has 1 aromatic carbocycles. The summed E-state index contributed by atoms with van der Waals surface area (Å²) in [4.78, 5) is 0.886. The Morgan fingerprint density at radius 2 is 1.88 bits per heavy atom. The summed E-state index contributed by atoms with van der Waals surface area (Å²) in [5.74, 6) is 0. The topological polar surface area (TPSA) is 17.1 Å². The van der Waals surface area contributed by atoms with E-state index in [2.05, 4.69) is 6.92 Å². The summed E-state index contributed by atoms with van der Waals surface area (Å²) in [7, 11) is -0.978. The van der Waals surface area contributed by atoms with Crippen LogP contribution in [0.5, 0.6) is 0 Å². The molecule has 0 aliphatic carbocycles. The Bertz CT molecular complexity index is 352. The van der Waals surface area contributed by atoms with Crippen molar-refractivity contribution in [1.82, 2.24) is 0 Å². The molecule has 0 spiro atoms. The van der Waals surface area contributed by atoms with E-state index in [0.29, 0.717) is 0 Å². The van der Waals surface area contributed by atoms with E-state index in [0.717, 1.165) is 11.3 Å². The Hall–Kier alpha value is -0.890. The lowest BCUT2D eigenvalue weighted by molar-refractivity contribution is 0.688. The highest BCUT2D eigenvalue weighted by Crippen LogP contribution is 2.10. The summed E-state index contributed by atoms with van der Waals surface area (Å²) in [6.07, 6.45) is 6.74. The molecular weight excluding hydrogens is 216 g/mol. The maximum absolute atomic E-state index is 11.8. The molecule has 0 heterocycles. The number of aryl methyl sites for hydroxylation is 1. The number of hydrogen-bond donors (Lipinski definition) is 0. The van der Waals surface area contributed by atoms with Gasteiger partial charge in [0, 0.05) is 10.3 Å². The third kappa shape index (κ3) is 4.75. The van der Waals surface area contributed by atoms with Crippen molar-refractivity contribution < 1.29 is 4.21 Å². The number of benzene rings is 1. The van der Waals surface area contributed by atoms with Crippen LogP contribution in [0.4, 0.5) is 0 Å². The standard InChI is InChI=1S/C14H20OS/c1-3-4-5-6-7-12-16(15)14-10-8-13(2)9-11-14/h7-12H,3-6H2,1-2H3/b12-7+. The summed E-state index contributed by atoms with van der Waals surface area (Å²) in [5, 5.41) is 1.81. The Morgan fingerprint density at radius 1 is 1.19 bits per heavy atom. The third-order valence-electron chi connectivity index (χ3n) is 2.45. The van der Waals surface area contributed by atoms with E-state index in [1.165, 1.54) is 24.8 Å². The van der Waals surface area contributed by atoms with Crippen molar-refractivity contribution in [1.29, 1.82) is 0 Å². The van der Waals surface area contributed by atoms with Gasteiger partial charge in [-0.15, -0.1) is 0 Å². The minimum Gasteiger partial charge on any atom is -0.250 e. The lowest BCUT2D eigenvalue weighted by atomic mass is 10.2. The highest BCUT2D eigenvalue weighted by Gasteiger charge is 1.97. The minimum absolute atomic E-state index is 0.886. The zero-order chi connectivity index (χ0) is 11.8. The smallest absolute Gasteiger partial charge is 0.0772 e. The van der Waals surface area contributed by atoms with E-state index in [1.54, 1.807) is 5.41 Å². The molecule has 1 atom stereocenters. The summed E-state index contributed by atoms with van der Waals surface area (Å²) in [6.45, 7) is 4.22. The quantitative estimate of drug-likeness (QED) is 0.677. The van der Waals surface area contributed by atoms with E-state index >= 15 is 0 Å². The monoisotopic (exact) mass is 236 g/mol. The van der Waals surface area contributed by atoms with Crippen LogP contribution < -0.4 is 0 Å². The first-order valence-electron chi connectivity index (χ1n) is 5.88. The first-order chi connectivity index (χ1) is 7.74. The molecule has 0 saturated carbocycles. The van der Waals surface area contributed by atoms with E-state index < -0.39 is 10.8 Å². The number of unbranched alkanes of at least 4 members (excludes halogenated alkanes) is 3. The molecule has 0 N–H and O–H groups in total.